The topological polar surface area (TPSA) is 73.9 Å². The Kier molecular flexibility index (Phi) is 6.00. The van der Waals surface area contributed by atoms with E-state index in [2.05, 4.69) is 5.32 Å². The summed E-state index contributed by atoms with van der Waals surface area (Å²) in [4.78, 5) is 24.0. The van der Waals surface area contributed by atoms with E-state index in [0.717, 1.165) is 5.56 Å². The molecule has 0 saturated carbocycles. The Hall–Kier alpha value is -3.02. The van der Waals surface area contributed by atoms with Gasteiger partial charge in [-0.1, -0.05) is 12.1 Å². The van der Waals surface area contributed by atoms with Crippen LogP contribution in [0.3, 0.4) is 0 Å². The first kappa shape index (κ1) is 18.3. The van der Waals surface area contributed by atoms with Gasteiger partial charge in [0.2, 0.25) is 0 Å². The number of anilines is 1. The van der Waals surface area contributed by atoms with E-state index in [-0.39, 0.29) is 5.91 Å². The predicted molar refractivity (Wildman–Crippen MR) is 94.2 cm³/mol. The minimum Gasteiger partial charge on any atom is -0.497 e. The van der Waals surface area contributed by atoms with Gasteiger partial charge in [-0.3, -0.25) is 4.79 Å². The maximum atomic E-state index is 12.4. The number of carbonyl (C=O) groups is 2. The van der Waals surface area contributed by atoms with Gasteiger partial charge < -0.3 is 19.5 Å². The van der Waals surface area contributed by atoms with Crippen molar-refractivity contribution in [3.63, 3.8) is 0 Å². The first-order valence-corrected chi connectivity index (χ1v) is 7.75. The molecule has 6 heteroatoms. The second-order valence-corrected chi connectivity index (χ2v) is 5.45. The lowest BCUT2D eigenvalue weighted by molar-refractivity contribution is -0.122. The summed E-state index contributed by atoms with van der Waals surface area (Å²) in [6, 6.07) is 12.0. The van der Waals surface area contributed by atoms with Gasteiger partial charge >= 0.3 is 5.97 Å². The Bertz CT molecular complexity index is 772. The van der Waals surface area contributed by atoms with Gasteiger partial charge in [0.25, 0.3) is 5.91 Å². The number of aryl methyl sites for hydroxylation is 1. The van der Waals surface area contributed by atoms with E-state index >= 15 is 0 Å². The number of nitrogens with one attached hydrogen (secondary N) is 1. The molecule has 1 N–H and O–H groups in total. The van der Waals surface area contributed by atoms with Crippen LogP contribution in [0.1, 0.15) is 22.8 Å². The highest BCUT2D eigenvalue weighted by atomic mass is 16.5. The van der Waals surface area contributed by atoms with Gasteiger partial charge in [-0.25, -0.2) is 4.79 Å². The number of ether oxygens (including phenoxy) is 3. The third-order valence-corrected chi connectivity index (χ3v) is 3.64. The van der Waals surface area contributed by atoms with Gasteiger partial charge in [-0.05, 0) is 43.7 Å². The van der Waals surface area contributed by atoms with Crippen LogP contribution in [0.4, 0.5) is 5.69 Å². The molecule has 0 aliphatic carbocycles. The third kappa shape index (κ3) is 4.73. The number of hydrogen-bond acceptors (Lipinski definition) is 5. The van der Waals surface area contributed by atoms with Crippen molar-refractivity contribution in [3.8, 4) is 11.5 Å². The molecule has 0 bridgehead atoms. The molecule has 0 spiro atoms. The minimum absolute atomic E-state index is 0.326. The zero-order valence-corrected chi connectivity index (χ0v) is 14.7. The van der Waals surface area contributed by atoms with Crippen LogP contribution in [0.15, 0.2) is 42.5 Å². The van der Waals surface area contributed by atoms with Gasteiger partial charge in [0, 0.05) is 11.8 Å². The summed E-state index contributed by atoms with van der Waals surface area (Å²) >= 11 is 0. The molecule has 2 aromatic rings. The van der Waals surface area contributed by atoms with E-state index in [1.165, 1.54) is 7.11 Å². The van der Waals surface area contributed by atoms with Gasteiger partial charge in [-0.2, -0.15) is 0 Å². The lowest BCUT2D eigenvalue weighted by Crippen LogP contribution is -2.30. The van der Waals surface area contributed by atoms with Crippen LogP contribution in [0.25, 0.3) is 0 Å². The second kappa shape index (κ2) is 8.19. The maximum absolute atomic E-state index is 12.4. The molecule has 0 aliphatic heterocycles. The molecule has 0 fully saturated rings. The van der Waals surface area contributed by atoms with Crippen molar-refractivity contribution in [3.05, 3.63) is 53.6 Å². The zero-order chi connectivity index (χ0) is 18.4. The molecule has 0 radical (unpaired) electrons. The standard InChI is InChI=1S/C19H21NO5/c1-12-8-9-14(19(22)24-4)10-17(12)20-18(21)13(2)25-16-7-5-6-15(11-16)23-3/h5-11,13H,1-4H3,(H,20,21)/t13-/m0/s1. The number of esters is 1. The van der Waals surface area contributed by atoms with E-state index in [1.807, 2.05) is 6.92 Å². The molecule has 2 rings (SSSR count). The number of rotatable bonds is 6. The number of carbonyl (C=O) groups excluding carboxylic acids is 2. The van der Waals surface area contributed by atoms with Crippen LogP contribution in [0.2, 0.25) is 0 Å². The van der Waals surface area contributed by atoms with Crippen LogP contribution in [0.5, 0.6) is 11.5 Å². The van der Waals surface area contributed by atoms with E-state index < -0.39 is 12.1 Å². The van der Waals surface area contributed by atoms with E-state index in [1.54, 1.807) is 56.5 Å². The van der Waals surface area contributed by atoms with E-state index in [0.29, 0.717) is 22.7 Å². The number of methoxy groups -OCH3 is 2. The average Bonchev–Trinajstić information content (AvgIpc) is 2.62. The SMILES string of the molecule is COC(=O)c1ccc(C)c(NC(=O)[C@H](C)Oc2cccc(OC)c2)c1. The lowest BCUT2D eigenvalue weighted by atomic mass is 10.1. The fraction of sp³-hybridized carbons (Fsp3) is 0.263. The van der Waals surface area contributed by atoms with Crippen molar-refractivity contribution >= 4 is 17.6 Å². The highest BCUT2D eigenvalue weighted by Gasteiger charge is 2.17. The Balaban J connectivity index is 2.09. The largest absolute Gasteiger partial charge is 0.497 e. The van der Waals surface area contributed by atoms with Gasteiger partial charge in [0.15, 0.2) is 6.10 Å². The second-order valence-electron chi connectivity index (χ2n) is 5.45. The molecular weight excluding hydrogens is 322 g/mol. The molecule has 2 aromatic carbocycles. The summed E-state index contributed by atoms with van der Waals surface area (Å²) in [5.74, 6) is 0.387. The average molecular weight is 343 g/mol. The summed E-state index contributed by atoms with van der Waals surface area (Å²) in [7, 11) is 2.87. The molecule has 0 aromatic heterocycles. The predicted octanol–water partition coefficient (Wildman–Crippen LogP) is 3.20. The Morgan fingerprint density at radius 1 is 1.04 bits per heavy atom. The van der Waals surface area contributed by atoms with Crippen LogP contribution in [-0.2, 0) is 9.53 Å². The molecule has 1 atom stereocenters. The molecule has 0 aliphatic rings. The molecule has 0 saturated heterocycles. The monoisotopic (exact) mass is 343 g/mol. The first-order valence-electron chi connectivity index (χ1n) is 7.75. The van der Waals surface area contributed by atoms with Crippen LogP contribution < -0.4 is 14.8 Å². The fourth-order valence-corrected chi connectivity index (χ4v) is 2.17. The van der Waals surface area contributed by atoms with Crippen molar-refractivity contribution in [1.82, 2.24) is 0 Å². The number of benzene rings is 2. The number of hydrogen-bond donors (Lipinski definition) is 1. The van der Waals surface area contributed by atoms with Crippen molar-refractivity contribution in [2.75, 3.05) is 19.5 Å². The van der Waals surface area contributed by atoms with Crippen molar-refractivity contribution < 1.29 is 23.8 Å². The maximum Gasteiger partial charge on any atom is 0.337 e. The summed E-state index contributed by atoms with van der Waals surface area (Å²) in [5.41, 5.74) is 1.73. The first-order chi connectivity index (χ1) is 11.9. The molecule has 1 amide bonds. The molecule has 0 unspecified atom stereocenters. The van der Waals surface area contributed by atoms with E-state index in [9.17, 15) is 9.59 Å². The third-order valence-electron chi connectivity index (χ3n) is 3.64. The van der Waals surface area contributed by atoms with Crippen LogP contribution in [-0.4, -0.2) is 32.2 Å². The molecule has 6 nitrogen and oxygen atoms in total. The highest BCUT2D eigenvalue weighted by Crippen LogP contribution is 2.21. The smallest absolute Gasteiger partial charge is 0.337 e. The van der Waals surface area contributed by atoms with Crippen molar-refractivity contribution in [1.29, 1.82) is 0 Å². The van der Waals surface area contributed by atoms with Crippen LogP contribution >= 0.6 is 0 Å². The quantitative estimate of drug-likeness (QED) is 0.816. The van der Waals surface area contributed by atoms with Gasteiger partial charge in [0.05, 0.1) is 19.8 Å². The molecule has 132 valence electrons. The Morgan fingerprint density at radius 3 is 2.44 bits per heavy atom. The lowest BCUT2D eigenvalue weighted by Gasteiger charge is -2.16. The summed E-state index contributed by atoms with van der Waals surface area (Å²) in [6.07, 6.45) is -0.728. The van der Waals surface area contributed by atoms with Crippen molar-refractivity contribution in [2.45, 2.75) is 20.0 Å². The number of amides is 1. The van der Waals surface area contributed by atoms with Gasteiger partial charge in [-0.15, -0.1) is 0 Å². The minimum atomic E-state index is -0.728. The Morgan fingerprint density at radius 2 is 1.76 bits per heavy atom. The summed E-state index contributed by atoms with van der Waals surface area (Å²) in [6.45, 7) is 3.48. The summed E-state index contributed by atoms with van der Waals surface area (Å²) < 4.78 is 15.5. The molecule has 25 heavy (non-hydrogen) atoms. The fourth-order valence-electron chi connectivity index (χ4n) is 2.17. The van der Waals surface area contributed by atoms with Crippen LogP contribution in [0, 0.1) is 6.92 Å². The van der Waals surface area contributed by atoms with Gasteiger partial charge in [0.1, 0.15) is 11.5 Å². The molecule has 0 heterocycles. The normalized spacial score (nSPS) is 11.4. The summed E-state index contributed by atoms with van der Waals surface area (Å²) in [5, 5.41) is 2.78. The Labute approximate surface area is 146 Å². The van der Waals surface area contributed by atoms with Crippen molar-refractivity contribution in [2.24, 2.45) is 0 Å². The van der Waals surface area contributed by atoms with E-state index in [4.69, 9.17) is 14.2 Å². The molecular formula is C19H21NO5. The highest BCUT2D eigenvalue weighted by molar-refractivity contribution is 5.97. The zero-order valence-electron chi connectivity index (χ0n) is 14.7.